The first-order valence-electron chi connectivity index (χ1n) is 4.55. The number of halogens is 1. The first kappa shape index (κ1) is 11.0. The van der Waals surface area contributed by atoms with Crippen LogP contribution in [-0.2, 0) is 11.2 Å². The van der Waals surface area contributed by atoms with Crippen LogP contribution >= 0.6 is 11.6 Å². The molecule has 0 N–H and O–H groups in total. The number of carbonyl (C=O) groups is 1. The van der Waals surface area contributed by atoms with E-state index in [0.29, 0.717) is 11.5 Å². The average Bonchev–Trinajstić information content (AvgIpc) is 2.17. The Kier molecular flexibility index (Phi) is 4.41. The highest BCUT2D eigenvalue weighted by Crippen LogP contribution is 2.16. The molecule has 74 valence electrons. The third kappa shape index (κ3) is 3.75. The maximum Gasteiger partial charge on any atom is 0.123 e. The van der Waals surface area contributed by atoms with E-state index in [4.69, 9.17) is 11.6 Å². The van der Waals surface area contributed by atoms with Gasteiger partial charge in [-0.15, -0.1) is 0 Å². The molecule has 0 aromatic heterocycles. The highest BCUT2D eigenvalue weighted by atomic mass is 35.5. The third-order valence-electron chi connectivity index (χ3n) is 2.02. The lowest BCUT2D eigenvalue weighted by Gasteiger charge is -2.08. The zero-order valence-corrected chi connectivity index (χ0v) is 8.70. The Morgan fingerprint density at radius 3 is 2.57 bits per heavy atom. The van der Waals surface area contributed by atoms with E-state index in [1.165, 1.54) is 0 Å². The summed E-state index contributed by atoms with van der Waals surface area (Å²) in [5.74, 6) is -0.0533. The van der Waals surface area contributed by atoms with Crippen molar-refractivity contribution in [2.24, 2.45) is 5.92 Å². The van der Waals surface area contributed by atoms with Crippen molar-refractivity contribution >= 4 is 17.9 Å². The molecule has 1 atom stereocenters. The van der Waals surface area contributed by atoms with E-state index in [1.807, 2.05) is 30.3 Å². The lowest BCUT2D eigenvalue weighted by Crippen LogP contribution is -2.05. The smallest absolute Gasteiger partial charge is 0.123 e. The van der Waals surface area contributed by atoms with Crippen molar-refractivity contribution in [2.45, 2.75) is 12.8 Å². The van der Waals surface area contributed by atoms with E-state index in [0.717, 1.165) is 18.3 Å². The second kappa shape index (κ2) is 5.61. The molecule has 1 aromatic rings. The summed E-state index contributed by atoms with van der Waals surface area (Å²) in [5, 5.41) is 0.540. The highest BCUT2D eigenvalue weighted by Gasteiger charge is 2.08. The van der Waals surface area contributed by atoms with Crippen LogP contribution < -0.4 is 0 Å². The molecule has 14 heavy (non-hydrogen) atoms. The van der Waals surface area contributed by atoms with Gasteiger partial charge in [0.15, 0.2) is 0 Å². The molecule has 0 bridgehead atoms. The summed E-state index contributed by atoms with van der Waals surface area (Å²) in [6.07, 6.45) is 2.23. The summed E-state index contributed by atoms with van der Waals surface area (Å²) in [4.78, 5) is 10.7. The van der Waals surface area contributed by atoms with Crippen LogP contribution in [0.4, 0.5) is 0 Å². The number of allylic oxidation sites excluding steroid dienone is 1. The lowest BCUT2D eigenvalue weighted by molar-refractivity contribution is -0.111. The maximum atomic E-state index is 10.7. The van der Waals surface area contributed by atoms with E-state index in [2.05, 4.69) is 6.58 Å². The summed E-state index contributed by atoms with van der Waals surface area (Å²) in [6.45, 7) is 3.59. The first-order chi connectivity index (χ1) is 6.72. The number of rotatable bonds is 5. The van der Waals surface area contributed by atoms with Crippen molar-refractivity contribution in [1.82, 2.24) is 0 Å². The van der Waals surface area contributed by atoms with Gasteiger partial charge in [-0.2, -0.15) is 0 Å². The molecule has 0 radical (unpaired) electrons. The second-order valence-corrected chi connectivity index (χ2v) is 3.84. The van der Waals surface area contributed by atoms with E-state index in [1.54, 1.807) is 0 Å². The number of hydrogen-bond donors (Lipinski definition) is 0. The Hall–Kier alpha value is -1.08. The molecule has 0 heterocycles. The fourth-order valence-electron chi connectivity index (χ4n) is 1.37. The fraction of sp³-hybridized carbons (Fsp3) is 0.250. The Morgan fingerprint density at radius 1 is 1.43 bits per heavy atom. The molecule has 0 saturated carbocycles. The van der Waals surface area contributed by atoms with Gasteiger partial charge in [-0.05, 0) is 18.4 Å². The molecule has 2 heteroatoms. The molecule has 0 spiro atoms. The zero-order valence-electron chi connectivity index (χ0n) is 7.95. The van der Waals surface area contributed by atoms with Crippen LogP contribution in [0, 0.1) is 5.92 Å². The number of carbonyl (C=O) groups excluding carboxylic acids is 1. The van der Waals surface area contributed by atoms with E-state index < -0.39 is 0 Å². The van der Waals surface area contributed by atoms with Crippen LogP contribution in [0.1, 0.15) is 12.0 Å². The van der Waals surface area contributed by atoms with Crippen LogP contribution in [0.25, 0.3) is 0 Å². The lowest BCUT2D eigenvalue weighted by atomic mass is 9.98. The summed E-state index contributed by atoms with van der Waals surface area (Å²) in [7, 11) is 0. The minimum Gasteiger partial charge on any atom is -0.303 e. The monoisotopic (exact) mass is 208 g/mol. The molecule has 0 amide bonds. The Labute approximate surface area is 89.4 Å². The van der Waals surface area contributed by atoms with Crippen molar-refractivity contribution < 1.29 is 4.79 Å². The molecule has 1 aromatic carbocycles. The van der Waals surface area contributed by atoms with Crippen molar-refractivity contribution in [3.05, 3.63) is 47.5 Å². The largest absolute Gasteiger partial charge is 0.303 e. The van der Waals surface area contributed by atoms with Crippen molar-refractivity contribution in [3.8, 4) is 0 Å². The van der Waals surface area contributed by atoms with Crippen LogP contribution in [-0.4, -0.2) is 6.29 Å². The predicted molar refractivity (Wildman–Crippen MR) is 59.3 cm³/mol. The predicted octanol–water partition coefficient (Wildman–Crippen LogP) is 3.19. The normalized spacial score (nSPS) is 12.1. The van der Waals surface area contributed by atoms with Gasteiger partial charge in [0.2, 0.25) is 0 Å². The zero-order chi connectivity index (χ0) is 10.4. The summed E-state index contributed by atoms with van der Waals surface area (Å²) < 4.78 is 0. The third-order valence-corrected chi connectivity index (χ3v) is 2.17. The van der Waals surface area contributed by atoms with Crippen LogP contribution in [0.3, 0.4) is 0 Å². The van der Waals surface area contributed by atoms with E-state index in [9.17, 15) is 4.79 Å². The molecule has 0 aliphatic rings. The molecule has 1 nitrogen and oxygen atoms in total. The summed E-state index contributed by atoms with van der Waals surface area (Å²) in [5.41, 5.74) is 1.16. The molecule has 0 aliphatic carbocycles. The van der Waals surface area contributed by atoms with Gasteiger partial charge >= 0.3 is 0 Å². The van der Waals surface area contributed by atoms with Gasteiger partial charge in [0, 0.05) is 11.0 Å². The SMILES string of the molecule is C=C(Cl)CC(C=O)Cc1ccccc1. The number of aldehydes is 1. The van der Waals surface area contributed by atoms with E-state index in [-0.39, 0.29) is 5.92 Å². The van der Waals surface area contributed by atoms with Crippen molar-refractivity contribution in [1.29, 1.82) is 0 Å². The number of benzene rings is 1. The Balaban J connectivity index is 2.57. The molecular weight excluding hydrogens is 196 g/mol. The molecule has 1 unspecified atom stereocenters. The minimum atomic E-state index is -0.0533. The Bertz CT molecular complexity index is 305. The molecule has 1 rings (SSSR count). The standard InChI is InChI=1S/C12H13ClO/c1-10(13)7-12(9-14)8-11-5-3-2-4-6-11/h2-6,9,12H,1,7-8H2. The maximum absolute atomic E-state index is 10.7. The van der Waals surface area contributed by atoms with Gasteiger partial charge < -0.3 is 4.79 Å². The van der Waals surface area contributed by atoms with Gasteiger partial charge in [0.05, 0.1) is 0 Å². The Morgan fingerprint density at radius 2 is 2.07 bits per heavy atom. The number of hydrogen-bond acceptors (Lipinski definition) is 1. The quantitative estimate of drug-likeness (QED) is 0.680. The summed E-state index contributed by atoms with van der Waals surface area (Å²) >= 11 is 5.66. The molecule has 0 fully saturated rings. The summed E-state index contributed by atoms with van der Waals surface area (Å²) in [6, 6.07) is 9.90. The van der Waals surface area contributed by atoms with Gasteiger partial charge in [-0.25, -0.2) is 0 Å². The van der Waals surface area contributed by atoms with Gasteiger partial charge in [0.1, 0.15) is 6.29 Å². The fourth-order valence-corrected chi connectivity index (χ4v) is 1.57. The van der Waals surface area contributed by atoms with Crippen molar-refractivity contribution in [3.63, 3.8) is 0 Å². The van der Waals surface area contributed by atoms with Crippen molar-refractivity contribution in [2.75, 3.05) is 0 Å². The molecular formula is C12H13ClO. The van der Waals surface area contributed by atoms with Crippen LogP contribution in [0.2, 0.25) is 0 Å². The average molecular weight is 209 g/mol. The van der Waals surface area contributed by atoms with Gasteiger partial charge in [0.25, 0.3) is 0 Å². The molecule has 0 saturated heterocycles. The minimum absolute atomic E-state index is 0.0533. The highest BCUT2D eigenvalue weighted by molar-refractivity contribution is 6.29. The van der Waals surface area contributed by atoms with E-state index >= 15 is 0 Å². The van der Waals surface area contributed by atoms with Crippen LogP contribution in [0.15, 0.2) is 41.9 Å². The second-order valence-electron chi connectivity index (χ2n) is 3.31. The topological polar surface area (TPSA) is 17.1 Å². The molecule has 0 aliphatic heterocycles. The van der Waals surface area contributed by atoms with Gasteiger partial charge in [-0.3, -0.25) is 0 Å². The first-order valence-corrected chi connectivity index (χ1v) is 4.92. The van der Waals surface area contributed by atoms with Gasteiger partial charge in [-0.1, -0.05) is 48.5 Å². The van der Waals surface area contributed by atoms with Crippen LogP contribution in [0.5, 0.6) is 0 Å².